The smallest absolute Gasteiger partial charge is 0.309 e. The van der Waals surface area contributed by atoms with Crippen LogP contribution in [0.5, 0.6) is 0 Å². The number of carbonyl (C=O) groups is 2. The minimum absolute atomic E-state index is 0.0191. The number of thioether (sulfide) groups is 1. The van der Waals surface area contributed by atoms with Crippen molar-refractivity contribution in [2.24, 2.45) is 5.92 Å². The first kappa shape index (κ1) is 15.6. The Morgan fingerprint density at radius 3 is 2.76 bits per heavy atom. The Bertz CT molecular complexity index is 499. The summed E-state index contributed by atoms with van der Waals surface area (Å²) in [5.74, 6) is 0.275. The molecule has 0 spiro atoms. The molecule has 0 unspecified atom stereocenters. The number of H-pyrrole nitrogens is 1. The van der Waals surface area contributed by atoms with E-state index in [-0.39, 0.29) is 29.5 Å². The summed E-state index contributed by atoms with van der Waals surface area (Å²) in [6, 6.07) is 0. The summed E-state index contributed by atoms with van der Waals surface area (Å²) in [5, 5.41) is 6.84. The molecule has 0 aromatic carbocycles. The molecular formula is C12H19N5O3S. The topological polar surface area (TPSA) is 114 Å². The number of esters is 1. The van der Waals surface area contributed by atoms with Crippen molar-refractivity contribution in [3.63, 3.8) is 0 Å². The van der Waals surface area contributed by atoms with Gasteiger partial charge < -0.3 is 15.4 Å². The molecule has 3 N–H and O–H groups in total. The maximum absolute atomic E-state index is 12.1. The average Bonchev–Trinajstić information content (AvgIpc) is 2.91. The number of nitrogen functional groups attached to an aromatic ring is 1. The van der Waals surface area contributed by atoms with Gasteiger partial charge in [-0.3, -0.25) is 9.59 Å². The number of ether oxygens (including phenoxy) is 1. The minimum atomic E-state index is -0.157. The zero-order valence-electron chi connectivity index (χ0n) is 11.9. The number of hydrogen-bond donors (Lipinski definition) is 2. The molecule has 1 saturated heterocycles. The number of nitrogens with two attached hydrogens (primary N) is 1. The van der Waals surface area contributed by atoms with Crippen LogP contribution in [-0.4, -0.2) is 57.4 Å². The first-order valence-corrected chi connectivity index (χ1v) is 7.83. The molecule has 9 heteroatoms. The zero-order valence-corrected chi connectivity index (χ0v) is 12.7. The highest BCUT2D eigenvalue weighted by molar-refractivity contribution is 7.99. The van der Waals surface area contributed by atoms with Crippen LogP contribution < -0.4 is 5.73 Å². The molecule has 1 aliphatic heterocycles. The number of amides is 1. The van der Waals surface area contributed by atoms with Gasteiger partial charge in [-0.05, 0) is 19.8 Å². The normalized spacial score (nSPS) is 16.0. The third kappa shape index (κ3) is 4.35. The molecule has 2 rings (SSSR count). The molecule has 0 bridgehead atoms. The van der Waals surface area contributed by atoms with E-state index in [9.17, 15) is 9.59 Å². The Labute approximate surface area is 126 Å². The predicted molar refractivity (Wildman–Crippen MR) is 77.5 cm³/mol. The lowest BCUT2D eigenvalue weighted by Gasteiger charge is -2.30. The maximum Gasteiger partial charge on any atom is 0.309 e. The van der Waals surface area contributed by atoms with Crippen LogP contribution in [0.4, 0.5) is 5.95 Å². The fourth-order valence-electron chi connectivity index (χ4n) is 2.16. The molecule has 1 aromatic heterocycles. The fraction of sp³-hybridized carbons (Fsp3) is 0.667. The molecule has 0 saturated carbocycles. The Morgan fingerprint density at radius 1 is 1.48 bits per heavy atom. The van der Waals surface area contributed by atoms with Crippen molar-refractivity contribution in [2.75, 3.05) is 31.2 Å². The van der Waals surface area contributed by atoms with E-state index in [2.05, 4.69) is 15.2 Å². The molecule has 116 valence electrons. The van der Waals surface area contributed by atoms with Gasteiger partial charge in [0.25, 0.3) is 0 Å². The van der Waals surface area contributed by atoms with Gasteiger partial charge in [-0.1, -0.05) is 11.8 Å². The van der Waals surface area contributed by atoms with Crippen molar-refractivity contribution in [1.82, 2.24) is 20.1 Å². The Hall–Kier alpha value is -1.77. The van der Waals surface area contributed by atoms with E-state index in [1.54, 1.807) is 11.8 Å². The molecule has 0 radical (unpaired) electrons. The molecule has 0 aliphatic carbocycles. The second-order valence-electron chi connectivity index (χ2n) is 4.70. The van der Waals surface area contributed by atoms with E-state index in [1.807, 2.05) is 0 Å². The molecule has 1 fully saturated rings. The molecular weight excluding hydrogens is 294 g/mol. The van der Waals surface area contributed by atoms with E-state index >= 15 is 0 Å². The molecule has 1 aliphatic rings. The van der Waals surface area contributed by atoms with Gasteiger partial charge in [0.15, 0.2) is 0 Å². The summed E-state index contributed by atoms with van der Waals surface area (Å²) in [7, 11) is 0. The summed E-state index contributed by atoms with van der Waals surface area (Å²) in [5.41, 5.74) is 5.41. The van der Waals surface area contributed by atoms with E-state index in [0.717, 1.165) is 0 Å². The highest BCUT2D eigenvalue weighted by Gasteiger charge is 2.28. The number of rotatable bonds is 5. The summed E-state index contributed by atoms with van der Waals surface area (Å²) in [6.07, 6.45) is 1.31. The van der Waals surface area contributed by atoms with Crippen LogP contribution in [0.1, 0.15) is 19.8 Å². The van der Waals surface area contributed by atoms with Gasteiger partial charge in [0.1, 0.15) is 0 Å². The first-order chi connectivity index (χ1) is 10.1. The number of hydrogen-bond acceptors (Lipinski definition) is 7. The van der Waals surface area contributed by atoms with E-state index in [0.29, 0.717) is 37.7 Å². The number of likely N-dealkylation sites (tertiary alicyclic amines) is 1. The van der Waals surface area contributed by atoms with Gasteiger partial charge >= 0.3 is 5.97 Å². The lowest BCUT2D eigenvalue weighted by atomic mass is 9.97. The maximum atomic E-state index is 12.1. The van der Waals surface area contributed by atoms with Gasteiger partial charge in [-0.15, -0.1) is 5.10 Å². The highest BCUT2D eigenvalue weighted by Crippen LogP contribution is 2.20. The second-order valence-corrected chi connectivity index (χ2v) is 5.64. The van der Waals surface area contributed by atoms with Crippen molar-refractivity contribution in [1.29, 1.82) is 0 Å². The Morgan fingerprint density at radius 2 is 2.19 bits per heavy atom. The van der Waals surface area contributed by atoms with Crippen LogP contribution in [0.2, 0.25) is 0 Å². The number of piperidine rings is 1. The van der Waals surface area contributed by atoms with Crippen molar-refractivity contribution in [3.05, 3.63) is 0 Å². The summed E-state index contributed by atoms with van der Waals surface area (Å²) in [6.45, 7) is 3.36. The number of carbonyl (C=O) groups excluding carboxylic acids is 2. The Balaban J connectivity index is 1.74. The first-order valence-electron chi connectivity index (χ1n) is 6.85. The number of nitrogens with one attached hydrogen (secondary N) is 1. The SMILES string of the molecule is CCOC(=O)C1CCN(C(=O)CSc2n[nH]c(N)n2)CC1. The summed E-state index contributed by atoms with van der Waals surface area (Å²) in [4.78, 5) is 29.4. The lowest BCUT2D eigenvalue weighted by molar-refractivity contribution is -0.151. The quantitative estimate of drug-likeness (QED) is 0.592. The predicted octanol–water partition coefficient (Wildman–Crippen LogP) is 0.281. The molecule has 1 amide bonds. The van der Waals surface area contributed by atoms with Crippen LogP contribution >= 0.6 is 11.8 Å². The molecule has 8 nitrogen and oxygen atoms in total. The van der Waals surface area contributed by atoms with Gasteiger partial charge in [-0.2, -0.15) is 4.98 Å². The molecule has 0 atom stereocenters. The van der Waals surface area contributed by atoms with Crippen molar-refractivity contribution >= 4 is 29.6 Å². The number of aromatic nitrogens is 3. The van der Waals surface area contributed by atoms with Crippen LogP contribution in [0.15, 0.2) is 5.16 Å². The monoisotopic (exact) mass is 313 g/mol. The third-order valence-corrected chi connectivity index (χ3v) is 4.11. The standard InChI is InChI=1S/C12H19N5O3S/c1-2-20-10(19)8-3-5-17(6-4-8)9(18)7-21-12-14-11(13)15-16-12/h8H,2-7H2,1H3,(H3,13,14,15,16). The fourth-order valence-corrected chi connectivity index (χ4v) is 2.87. The van der Waals surface area contributed by atoms with Crippen molar-refractivity contribution in [2.45, 2.75) is 24.9 Å². The number of anilines is 1. The highest BCUT2D eigenvalue weighted by atomic mass is 32.2. The van der Waals surface area contributed by atoms with Gasteiger partial charge in [0, 0.05) is 13.1 Å². The molecule has 2 heterocycles. The van der Waals surface area contributed by atoms with Gasteiger partial charge in [0.2, 0.25) is 17.0 Å². The molecule has 21 heavy (non-hydrogen) atoms. The van der Waals surface area contributed by atoms with E-state index < -0.39 is 0 Å². The average molecular weight is 313 g/mol. The summed E-state index contributed by atoms with van der Waals surface area (Å²) < 4.78 is 5.01. The summed E-state index contributed by atoms with van der Waals surface area (Å²) >= 11 is 1.24. The van der Waals surface area contributed by atoms with Crippen molar-refractivity contribution < 1.29 is 14.3 Å². The van der Waals surface area contributed by atoms with Crippen LogP contribution in [0, 0.1) is 5.92 Å². The largest absolute Gasteiger partial charge is 0.466 e. The minimum Gasteiger partial charge on any atom is -0.466 e. The third-order valence-electron chi connectivity index (χ3n) is 3.27. The van der Waals surface area contributed by atoms with Crippen LogP contribution in [0.25, 0.3) is 0 Å². The van der Waals surface area contributed by atoms with Crippen LogP contribution in [0.3, 0.4) is 0 Å². The van der Waals surface area contributed by atoms with E-state index in [1.165, 1.54) is 11.8 Å². The van der Waals surface area contributed by atoms with Gasteiger partial charge in [-0.25, -0.2) is 5.10 Å². The second kappa shape index (κ2) is 7.30. The number of nitrogens with zero attached hydrogens (tertiary/aromatic N) is 3. The number of aromatic amines is 1. The van der Waals surface area contributed by atoms with Crippen LogP contribution in [-0.2, 0) is 14.3 Å². The molecule has 1 aromatic rings. The van der Waals surface area contributed by atoms with Gasteiger partial charge in [0.05, 0.1) is 18.3 Å². The lowest BCUT2D eigenvalue weighted by Crippen LogP contribution is -2.41. The zero-order chi connectivity index (χ0) is 15.2. The Kier molecular flexibility index (Phi) is 5.43. The van der Waals surface area contributed by atoms with E-state index in [4.69, 9.17) is 10.5 Å². The van der Waals surface area contributed by atoms with Crippen molar-refractivity contribution in [3.8, 4) is 0 Å².